The smallest absolute Gasteiger partial charge is 0.159 e. The monoisotopic (exact) mass is 429 g/mol. The maximum absolute atomic E-state index is 11.7. The number of hydrogen-bond acceptors (Lipinski definition) is 4. The van der Waals surface area contributed by atoms with Crippen LogP contribution in [0.5, 0.6) is 0 Å². The molecule has 4 heteroatoms. The Morgan fingerprint density at radius 3 is 2.36 bits per heavy atom. The van der Waals surface area contributed by atoms with Crippen LogP contribution in [0, 0.1) is 11.3 Å². The number of benzene rings is 3. The van der Waals surface area contributed by atoms with Crippen LogP contribution in [-0.4, -0.2) is 10.7 Å². The van der Waals surface area contributed by atoms with E-state index in [1.54, 1.807) is 13.0 Å². The third kappa shape index (κ3) is 4.68. The lowest BCUT2D eigenvalue weighted by atomic mass is 9.93. The molecule has 1 heterocycles. The van der Waals surface area contributed by atoms with E-state index in [4.69, 9.17) is 5.73 Å². The van der Waals surface area contributed by atoms with Crippen LogP contribution in [0.2, 0.25) is 0 Å². The summed E-state index contributed by atoms with van der Waals surface area (Å²) >= 11 is 0. The number of allylic oxidation sites excluding steroid dienone is 3. The molecule has 0 radical (unpaired) electrons. The third-order valence-corrected chi connectivity index (χ3v) is 5.51. The maximum Gasteiger partial charge on any atom is 0.159 e. The van der Waals surface area contributed by atoms with Gasteiger partial charge in [-0.05, 0) is 47.4 Å². The van der Waals surface area contributed by atoms with Gasteiger partial charge in [0.25, 0.3) is 0 Å². The molecule has 0 fully saturated rings. The van der Waals surface area contributed by atoms with Crippen LogP contribution in [0.1, 0.15) is 39.5 Å². The molecule has 0 saturated carbocycles. The second-order valence-electron chi connectivity index (χ2n) is 7.77. The zero-order valence-corrected chi connectivity index (χ0v) is 18.3. The topological polar surface area (TPSA) is 70.1 Å². The van der Waals surface area contributed by atoms with Crippen molar-refractivity contribution in [2.45, 2.75) is 6.92 Å². The highest BCUT2D eigenvalue weighted by Crippen LogP contribution is 2.35. The number of rotatable bonds is 5. The Morgan fingerprint density at radius 2 is 1.70 bits per heavy atom. The molecule has 4 nitrogen and oxygen atoms in total. The number of carbonyl (C=O) groups is 1. The standard InChI is InChI=1S/C29H23N3O/c1-20-28(24-13-11-23(12-14-24)21(2)33)16-27(26-10-6-7-22(15-26)17-30)18-32(20)19-29(31)25-8-4-3-5-9-25/h3-16,18-19H,1,31H2,2H3/b29-19-. The second kappa shape index (κ2) is 9.25. The molecule has 4 rings (SSSR count). The van der Waals surface area contributed by atoms with Gasteiger partial charge in [0.2, 0.25) is 0 Å². The van der Waals surface area contributed by atoms with E-state index in [2.05, 4.69) is 12.6 Å². The quantitative estimate of drug-likeness (QED) is 0.507. The van der Waals surface area contributed by atoms with Crippen LogP contribution in [-0.2, 0) is 0 Å². The number of hydrogen-bond donors (Lipinski definition) is 1. The summed E-state index contributed by atoms with van der Waals surface area (Å²) in [5.74, 6) is 0.0205. The first-order valence-corrected chi connectivity index (χ1v) is 10.5. The van der Waals surface area contributed by atoms with Crippen molar-refractivity contribution in [1.82, 2.24) is 4.90 Å². The van der Waals surface area contributed by atoms with Crippen molar-refractivity contribution in [2.75, 3.05) is 0 Å². The summed E-state index contributed by atoms with van der Waals surface area (Å²) in [5, 5.41) is 9.34. The van der Waals surface area contributed by atoms with E-state index in [9.17, 15) is 10.1 Å². The highest BCUT2D eigenvalue weighted by atomic mass is 16.1. The Bertz CT molecular complexity index is 1350. The van der Waals surface area contributed by atoms with Gasteiger partial charge in [-0.3, -0.25) is 4.79 Å². The van der Waals surface area contributed by atoms with Crippen LogP contribution < -0.4 is 5.73 Å². The van der Waals surface area contributed by atoms with Crippen molar-refractivity contribution in [3.63, 3.8) is 0 Å². The summed E-state index contributed by atoms with van der Waals surface area (Å²) in [6.07, 6.45) is 5.86. The van der Waals surface area contributed by atoms with E-state index in [0.717, 1.165) is 33.5 Å². The third-order valence-electron chi connectivity index (χ3n) is 5.51. The molecule has 0 saturated heterocycles. The van der Waals surface area contributed by atoms with Gasteiger partial charge in [-0.15, -0.1) is 0 Å². The lowest BCUT2D eigenvalue weighted by molar-refractivity contribution is 0.101. The Kier molecular flexibility index (Phi) is 6.06. The Morgan fingerprint density at radius 1 is 0.970 bits per heavy atom. The van der Waals surface area contributed by atoms with Crippen LogP contribution in [0.3, 0.4) is 0 Å². The number of ketones is 1. The predicted molar refractivity (Wildman–Crippen MR) is 133 cm³/mol. The molecular weight excluding hydrogens is 406 g/mol. The summed E-state index contributed by atoms with van der Waals surface area (Å²) in [7, 11) is 0. The number of Topliss-reactive ketones (excluding diaryl/α,β-unsaturated/α-hetero) is 1. The summed E-state index contributed by atoms with van der Waals surface area (Å²) < 4.78 is 0. The minimum Gasteiger partial charge on any atom is -0.397 e. The average molecular weight is 430 g/mol. The molecule has 3 aromatic rings. The molecule has 0 atom stereocenters. The molecule has 0 aliphatic carbocycles. The normalized spacial score (nSPS) is 13.8. The molecule has 2 N–H and O–H groups in total. The van der Waals surface area contributed by atoms with Gasteiger partial charge >= 0.3 is 0 Å². The average Bonchev–Trinajstić information content (AvgIpc) is 2.85. The fourth-order valence-corrected chi connectivity index (χ4v) is 3.67. The summed E-state index contributed by atoms with van der Waals surface area (Å²) in [4.78, 5) is 13.6. The van der Waals surface area contributed by atoms with Gasteiger partial charge < -0.3 is 10.6 Å². The van der Waals surface area contributed by atoms with E-state index in [1.807, 2.05) is 96.2 Å². The summed E-state index contributed by atoms with van der Waals surface area (Å²) in [5.41, 5.74) is 13.6. The first-order valence-electron chi connectivity index (χ1n) is 10.5. The predicted octanol–water partition coefficient (Wildman–Crippen LogP) is 5.97. The number of nitriles is 1. The number of nitrogens with two attached hydrogens (primary N) is 1. The Balaban J connectivity index is 1.81. The number of carbonyl (C=O) groups excluding carboxylic acids is 1. The van der Waals surface area contributed by atoms with E-state index in [0.29, 0.717) is 16.8 Å². The van der Waals surface area contributed by atoms with Crippen molar-refractivity contribution < 1.29 is 4.79 Å². The molecule has 0 amide bonds. The Hall–Kier alpha value is -4.62. The van der Waals surface area contributed by atoms with Gasteiger partial charge in [0.05, 0.1) is 17.3 Å². The molecule has 33 heavy (non-hydrogen) atoms. The molecule has 0 unspecified atom stereocenters. The fraction of sp³-hybridized carbons (Fsp3) is 0.0345. The van der Waals surface area contributed by atoms with Crippen molar-refractivity contribution >= 4 is 22.6 Å². The molecular formula is C29H23N3O. The first-order chi connectivity index (χ1) is 16.0. The molecule has 3 aromatic carbocycles. The van der Waals surface area contributed by atoms with Crippen LogP contribution in [0.25, 0.3) is 16.8 Å². The Labute approximate surface area is 193 Å². The van der Waals surface area contributed by atoms with Crippen LogP contribution >= 0.6 is 0 Å². The van der Waals surface area contributed by atoms with Gasteiger partial charge in [-0.1, -0.05) is 73.3 Å². The number of nitrogens with zero attached hydrogens (tertiary/aromatic N) is 2. The van der Waals surface area contributed by atoms with Crippen molar-refractivity contribution in [1.29, 1.82) is 5.26 Å². The molecule has 160 valence electrons. The first kappa shape index (κ1) is 21.6. The highest BCUT2D eigenvalue weighted by molar-refractivity contribution is 5.96. The van der Waals surface area contributed by atoms with E-state index < -0.39 is 0 Å². The van der Waals surface area contributed by atoms with Gasteiger partial charge in [0, 0.05) is 29.2 Å². The lowest BCUT2D eigenvalue weighted by Gasteiger charge is -2.28. The SMILES string of the molecule is C=C1C(c2ccc(C(C)=O)cc2)=CC(c2cccc(C#N)c2)=CN1/C=C(\N)c1ccccc1. The van der Waals surface area contributed by atoms with Crippen molar-refractivity contribution in [3.8, 4) is 6.07 Å². The zero-order chi connectivity index (χ0) is 23.4. The van der Waals surface area contributed by atoms with Gasteiger partial charge in [0.15, 0.2) is 5.78 Å². The lowest BCUT2D eigenvalue weighted by Crippen LogP contribution is -2.16. The van der Waals surface area contributed by atoms with Gasteiger partial charge in [-0.25, -0.2) is 0 Å². The summed E-state index contributed by atoms with van der Waals surface area (Å²) in [6, 6.07) is 26.9. The molecule has 1 aliphatic heterocycles. The molecule has 1 aliphatic rings. The molecule has 0 aromatic heterocycles. The van der Waals surface area contributed by atoms with E-state index in [1.165, 1.54) is 0 Å². The minimum atomic E-state index is 0.0205. The minimum absolute atomic E-state index is 0.0205. The van der Waals surface area contributed by atoms with Crippen LogP contribution in [0.4, 0.5) is 0 Å². The van der Waals surface area contributed by atoms with Crippen molar-refractivity contribution in [2.24, 2.45) is 5.73 Å². The van der Waals surface area contributed by atoms with E-state index in [-0.39, 0.29) is 5.78 Å². The largest absolute Gasteiger partial charge is 0.397 e. The van der Waals surface area contributed by atoms with Crippen molar-refractivity contribution in [3.05, 3.63) is 137 Å². The fourth-order valence-electron chi connectivity index (χ4n) is 3.67. The molecule has 0 spiro atoms. The highest BCUT2D eigenvalue weighted by Gasteiger charge is 2.19. The summed E-state index contributed by atoms with van der Waals surface area (Å²) in [6.45, 7) is 5.86. The van der Waals surface area contributed by atoms with Gasteiger partial charge in [-0.2, -0.15) is 5.26 Å². The van der Waals surface area contributed by atoms with E-state index >= 15 is 0 Å². The van der Waals surface area contributed by atoms with Gasteiger partial charge in [0.1, 0.15) is 0 Å². The maximum atomic E-state index is 11.7. The molecule has 0 bridgehead atoms. The van der Waals surface area contributed by atoms with Crippen LogP contribution in [0.15, 0.2) is 110 Å². The second-order valence-corrected chi connectivity index (χ2v) is 7.77. The zero-order valence-electron chi connectivity index (χ0n) is 18.3.